The quantitative estimate of drug-likeness (QED) is 0.556. The Bertz CT molecular complexity index is 1080. The number of nitrogens with zero attached hydrogens (tertiary/aromatic N) is 3. The number of nitrogens with one attached hydrogen (secondary N) is 1. The molecule has 1 saturated heterocycles. The number of H-pyrrole nitrogens is 1. The molecule has 1 unspecified atom stereocenters. The maximum atomic E-state index is 10.0. The second-order valence-corrected chi connectivity index (χ2v) is 6.94. The van der Waals surface area contributed by atoms with Gasteiger partial charge in [0, 0.05) is 24.3 Å². The molecule has 142 valence electrons. The van der Waals surface area contributed by atoms with Gasteiger partial charge in [0.25, 0.3) is 0 Å². The number of benzene rings is 2. The zero-order chi connectivity index (χ0) is 18.2. The Morgan fingerprint density at radius 3 is 2.25 bits per heavy atom. The van der Waals surface area contributed by atoms with Gasteiger partial charge >= 0.3 is 0 Å². The van der Waals surface area contributed by atoms with Crippen LogP contribution in [0, 0.1) is 0 Å². The highest BCUT2D eigenvalue weighted by atomic mass is 16.3. The van der Waals surface area contributed by atoms with Crippen LogP contribution in [0.1, 0.15) is 13.8 Å². The first-order valence-corrected chi connectivity index (χ1v) is 9.22. The summed E-state index contributed by atoms with van der Waals surface area (Å²) in [4.78, 5) is 15.3. The van der Waals surface area contributed by atoms with Crippen LogP contribution in [-0.2, 0) is 0 Å². The molecule has 1 fully saturated rings. The van der Waals surface area contributed by atoms with Gasteiger partial charge in [-0.15, -0.1) is 0 Å². The minimum atomic E-state index is -0.303. The van der Waals surface area contributed by atoms with Crippen molar-refractivity contribution in [2.75, 3.05) is 18.0 Å². The van der Waals surface area contributed by atoms with E-state index >= 15 is 0 Å². The van der Waals surface area contributed by atoms with E-state index in [-0.39, 0.29) is 13.5 Å². The molecule has 0 spiro atoms. The summed E-state index contributed by atoms with van der Waals surface area (Å²) in [5.41, 5.74) is 3.94. The minimum absolute atomic E-state index is 0. The van der Waals surface area contributed by atoms with Gasteiger partial charge < -0.3 is 15.0 Å². The number of aromatic amines is 1. The average Bonchev–Trinajstić information content (AvgIpc) is 3.35. The van der Waals surface area contributed by atoms with Gasteiger partial charge in [0.1, 0.15) is 11.5 Å². The lowest BCUT2D eigenvalue weighted by molar-refractivity contribution is 0.198. The van der Waals surface area contributed by atoms with Gasteiger partial charge in [-0.25, -0.2) is 9.97 Å². The number of aliphatic hydroxyl groups excluding tert-OH is 1. The third-order valence-corrected chi connectivity index (χ3v) is 5.05. The molecule has 5 nitrogen and oxygen atoms in total. The number of rotatable bonds is 3. The van der Waals surface area contributed by atoms with Crippen LogP contribution < -0.4 is 4.90 Å². The van der Waals surface area contributed by atoms with E-state index in [0.29, 0.717) is 12.4 Å². The van der Waals surface area contributed by atoms with Crippen LogP contribution in [0.15, 0.2) is 66.7 Å². The lowest BCUT2D eigenvalue weighted by Gasteiger charge is -2.18. The molecular formula is C23H24N4O. The molecule has 4 aromatic rings. The Morgan fingerprint density at radius 2 is 1.61 bits per heavy atom. The van der Waals surface area contributed by atoms with E-state index in [1.165, 1.54) is 0 Å². The number of hydrogen-bond acceptors (Lipinski definition) is 4. The van der Waals surface area contributed by atoms with E-state index in [4.69, 9.17) is 9.97 Å². The first-order valence-electron chi connectivity index (χ1n) is 9.22. The van der Waals surface area contributed by atoms with Crippen LogP contribution in [0.3, 0.4) is 0 Å². The highest BCUT2D eigenvalue weighted by Gasteiger charge is 2.25. The van der Waals surface area contributed by atoms with Crippen molar-refractivity contribution in [1.82, 2.24) is 15.0 Å². The number of hydrogen-bond donors (Lipinski definition) is 2. The van der Waals surface area contributed by atoms with Crippen molar-refractivity contribution in [2.24, 2.45) is 0 Å². The third-order valence-electron chi connectivity index (χ3n) is 5.05. The first-order chi connectivity index (χ1) is 13.3. The van der Waals surface area contributed by atoms with Gasteiger partial charge in [-0.05, 0) is 18.1 Å². The Labute approximate surface area is 164 Å². The van der Waals surface area contributed by atoms with Crippen molar-refractivity contribution in [3.8, 4) is 22.6 Å². The molecule has 0 amide bonds. The predicted octanol–water partition coefficient (Wildman–Crippen LogP) is 4.50. The summed E-state index contributed by atoms with van der Waals surface area (Å²) in [5.74, 6) is 1.58. The Kier molecular flexibility index (Phi) is 4.84. The maximum Gasteiger partial charge on any atom is 0.163 e. The van der Waals surface area contributed by atoms with Crippen LogP contribution in [0.4, 0.5) is 5.82 Å². The highest BCUT2D eigenvalue weighted by Crippen LogP contribution is 2.32. The molecule has 1 aliphatic rings. The molecule has 0 saturated carbocycles. The Hall–Kier alpha value is -3.18. The van der Waals surface area contributed by atoms with E-state index in [2.05, 4.69) is 28.1 Å². The summed E-state index contributed by atoms with van der Waals surface area (Å²) in [6, 6.07) is 22.3. The topological polar surface area (TPSA) is 65.0 Å². The zero-order valence-electron chi connectivity index (χ0n) is 14.8. The molecule has 28 heavy (non-hydrogen) atoms. The van der Waals surface area contributed by atoms with Crippen LogP contribution >= 0.6 is 0 Å². The highest BCUT2D eigenvalue weighted by molar-refractivity contribution is 5.93. The summed E-state index contributed by atoms with van der Waals surface area (Å²) >= 11 is 0. The summed E-state index contributed by atoms with van der Waals surface area (Å²) in [6.45, 7) is 1.40. The third kappa shape index (κ3) is 3.25. The van der Waals surface area contributed by atoms with E-state index in [9.17, 15) is 5.11 Å². The molecule has 2 aromatic heterocycles. The Balaban J connectivity index is 0.00000192. The monoisotopic (exact) mass is 372 g/mol. The minimum Gasteiger partial charge on any atom is -0.391 e. The molecule has 1 aliphatic heterocycles. The fraction of sp³-hybridized carbons (Fsp3) is 0.217. The van der Waals surface area contributed by atoms with Crippen LogP contribution in [0.5, 0.6) is 0 Å². The zero-order valence-corrected chi connectivity index (χ0v) is 14.8. The van der Waals surface area contributed by atoms with E-state index in [1.54, 1.807) is 0 Å². The normalized spacial score (nSPS) is 16.3. The fourth-order valence-electron chi connectivity index (χ4n) is 3.66. The van der Waals surface area contributed by atoms with Crippen molar-refractivity contribution in [2.45, 2.75) is 20.0 Å². The molecule has 0 aliphatic carbocycles. The lowest BCUT2D eigenvalue weighted by atomic mass is 10.1. The largest absolute Gasteiger partial charge is 0.391 e. The van der Waals surface area contributed by atoms with Gasteiger partial charge in [0.05, 0.1) is 11.5 Å². The molecule has 5 rings (SSSR count). The number of aromatic nitrogens is 3. The lowest BCUT2D eigenvalue weighted by Crippen LogP contribution is -2.22. The van der Waals surface area contributed by atoms with Crippen molar-refractivity contribution in [1.29, 1.82) is 0 Å². The predicted molar refractivity (Wildman–Crippen MR) is 114 cm³/mol. The number of aliphatic hydroxyl groups is 1. The van der Waals surface area contributed by atoms with E-state index in [1.807, 2.05) is 48.5 Å². The maximum absolute atomic E-state index is 10.0. The SMILES string of the molecule is C.OC1CCN(c2nc(-c3ccccc3)nc3[nH]c(-c4ccccc4)cc23)C1. The van der Waals surface area contributed by atoms with Crippen molar-refractivity contribution in [3.63, 3.8) is 0 Å². The van der Waals surface area contributed by atoms with Crippen LogP contribution in [0.25, 0.3) is 33.7 Å². The molecule has 1 atom stereocenters. The van der Waals surface area contributed by atoms with Crippen molar-refractivity contribution in [3.05, 3.63) is 66.7 Å². The summed E-state index contributed by atoms with van der Waals surface area (Å²) in [5, 5.41) is 11.0. The summed E-state index contributed by atoms with van der Waals surface area (Å²) in [6.07, 6.45) is 0.463. The second-order valence-electron chi connectivity index (χ2n) is 6.94. The van der Waals surface area contributed by atoms with E-state index in [0.717, 1.165) is 46.6 Å². The van der Waals surface area contributed by atoms with Crippen molar-refractivity contribution >= 4 is 16.9 Å². The fourth-order valence-corrected chi connectivity index (χ4v) is 3.66. The van der Waals surface area contributed by atoms with Gasteiger partial charge in [-0.2, -0.15) is 0 Å². The molecular weight excluding hydrogens is 348 g/mol. The standard InChI is InChI=1S/C22H20N4O.CH4/c27-17-11-12-26(14-17)22-18-13-19(15-7-3-1-4-8-15)23-21(18)24-20(25-22)16-9-5-2-6-10-16;/h1-10,13,17,27H,11-12,14H2,(H,23,24,25);1H4. The summed E-state index contributed by atoms with van der Waals surface area (Å²) in [7, 11) is 0. The molecule has 3 heterocycles. The molecule has 5 heteroatoms. The van der Waals surface area contributed by atoms with Gasteiger partial charge in [0.15, 0.2) is 5.82 Å². The van der Waals surface area contributed by atoms with E-state index < -0.39 is 0 Å². The molecule has 0 bridgehead atoms. The van der Waals surface area contributed by atoms with Crippen LogP contribution in [-0.4, -0.2) is 39.3 Å². The number of anilines is 1. The van der Waals surface area contributed by atoms with Gasteiger partial charge in [0.2, 0.25) is 0 Å². The van der Waals surface area contributed by atoms with Crippen LogP contribution in [0.2, 0.25) is 0 Å². The van der Waals surface area contributed by atoms with Gasteiger partial charge in [-0.1, -0.05) is 68.1 Å². The van der Waals surface area contributed by atoms with Crippen molar-refractivity contribution < 1.29 is 5.11 Å². The first kappa shape index (κ1) is 18.2. The Morgan fingerprint density at radius 1 is 0.929 bits per heavy atom. The molecule has 2 N–H and O–H groups in total. The summed E-state index contributed by atoms with van der Waals surface area (Å²) < 4.78 is 0. The molecule has 2 aromatic carbocycles. The number of fused-ring (bicyclic) bond motifs is 1. The van der Waals surface area contributed by atoms with Gasteiger partial charge in [-0.3, -0.25) is 0 Å². The smallest absolute Gasteiger partial charge is 0.163 e. The number of β-amino-alcohol motifs (C(OH)–C–C–N with tert-alkyl or cyclic N) is 1. The molecule has 0 radical (unpaired) electrons. The average molecular weight is 372 g/mol. The second kappa shape index (κ2) is 7.44.